The predicted octanol–water partition coefficient (Wildman–Crippen LogP) is 3.97. The van der Waals surface area contributed by atoms with Gasteiger partial charge in [-0.15, -0.1) is 0 Å². The summed E-state index contributed by atoms with van der Waals surface area (Å²) in [6.45, 7) is 0.928. The number of anilines is 1. The summed E-state index contributed by atoms with van der Waals surface area (Å²) in [7, 11) is 0. The van der Waals surface area contributed by atoms with Crippen molar-refractivity contribution in [1.82, 2.24) is 5.32 Å². The number of halogens is 3. The first-order valence-corrected chi connectivity index (χ1v) is 7.88. The maximum absolute atomic E-state index is 12.4. The van der Waals surface area contributed by atoms with E-state index in [9.17, 15) is 4.79 Å². The van der Waals surface area contributed by atoms with Gasteiger partial charge in [0.2, 0.25) is 5.91 Å². The van der Waals surface area contributed by atoms with Crippen molar-refractivity contribution in [3.05, 3.63) is 27.2 Å². The van der Waals surface area contributed by atoms with E-state index in [0.717, 1.165) is 13.0 Å². The molecule has 0 radical (unpaired) electrons. The van der Waals surface area contributed by atoms with Crippen molar-refractivity contribution in [3.63, 3.8) is 0 Å². The molecule has 1 saturated heterocycles. The van der Waals surface area contributed by atoms with E-state index >= 15 is 0 Å². The average molecular weight is 334 g/mol. The first-order valence-electron chi connectivity index (χ1n) is 6.75. The maximum atomic E-state index is 12.4. The maximum Gasteiger partial charge on any atom is 0.241 e. The van der Waals surface area contributed by atoms with Gasteiger partial charge >= 0.3 is 0 Å². The molecule has 0 bridgehead atoms. The molecule has 1 heterocycles. The number of hydrogen-bond donors (Lipinski definition) is 2. The SMILES string of the molecule is O=C(Nc1cc(Cl)c(Cl)cc1Cl)C1NCC2CCCC21. The summed E-state index contributed by atoms with van der Waals surface area (Å²) in [4.78, 5) is 12.4. The highest BCUT2D eigenvalue weighted by molar-refractivity contribution is 6.44. The van der Waals surface area contributed by atoms with Crippen LogP contribution in [-0.2, 0) is 4.79 Å². The van der Waals surface area contributed by atoms with Gasteiger partial charge in [0.05, 0.1) is 26.8 Å². The van der Waals surface area contributed by atoms with Crippen LogP contribution in [-0.4, -0.2) is 18.5 Å². The molecule has 3 nitrogen and oxygen atoms in total. The minimum absolute atomic E-state index is 0.0420. The van der Waals surface area contributed by atoms with Crippen molar-refractivity contribution in [2.75, 3.05) is 11.9 Å². The van der Waals surface area contributed by atoms with Crippen molar-refractivity contribution in [3.8, 4) is 0 Å². The van der Waals surface area contributed by atoms with E-state index < -0.39 is 0 Å². The van der Waals surface area contributed by atoms with Gasteiger partial charge in [-0.1, -0.05) is 41.2 Å². The zero-order valence-electron chi connectivity index (χ0n) is 10.8. The van der Waals surface area contributed by atoms with Crippen LogP contribution < -0.4 is 10.6 Å². The van der Waals surface area contributed by atoms with Gasteiger partial charge in [0.15, 0.2) is 0 Å². The van der Waals surface area contributed by atoms with Gasteiger partial charge in [0.25, 0.3) is 0 Å². The monoisotopic (exact) mass is 332 g/mol. The van der Waals surface area contributed by atoms with E-state index in [2.05, 4.69) is 10.6 Å². The summed E-state index contributed by atoms with van der Waals surface area (Å²) in [5, 5.41) is 7.32. The summed E-state index contributed by atoms with van der Waals surface area (Å²) in [5.74, 6) is 1.03. The Morgan fingerprint density at radius 2 is 1.90 bits per heavy atom. The molecule has 20 heavy (non-hydrogen) atoms. The van der Waals surface area contributed by atoms with Crippen molar-refractivity contribution < 1.29 is 4.79 Å². The smallest absolute Gasteiger partial charge is 0.241 e. The highest BCUT2D eigenvalue weighted by Crippen LogP contribution is 2.38. The van der Waals surface area contributed by atoms with Crippen molar-refractivity contribution in [1.29, 1.82) is 0 Å². The molecule has 1 aromatic rings. The molecule has 0 spiro atoms. The molecule has 108 valence electrons. The molecule has 3 unspecified atom stereocenters. The van der Waals surface area contributed by atoms with Gasteiger partial charge < -0.3 is 10.6 Å². The van der Waals surface area contributed by atoms with E-state index in [0.29, 0.717) is 32.6 Å². The predicted molar refractivity (Wildman–Crippen MR) is 82.7 cm³/mol. The summed E-state index contributed by atoms with van der Waals surface area (Å²) in [5.41, 5.74) is 0.509. The third-order valence-electron chi connectivity index (χ3n) is 4.30. The summed E-state index contributed by atoms with van der Waals surface area (Å²) in [6, 6.07) is 3.00. The van der Waals surface area contributed by atoms with Gasteiger partial charge in [0, 0.05) is 0 Å². The third kappa shape index (κ3) is 2.64. The number of nitrogens with one attached hydrogen (secondary N) is 2. The minimum Gasteiger partial charge on any atom is -0.323 e. The average Bonchev–Trinajstić information content (AvgIpc) is 2.97. The molecule has 6 heteroatoms. The van der Waals surface area contributed by atoms with Crippen LogP contribution in [0.3, 0.4) is 0 Å². The lowest BCUT2D eigenvalue weighted by molar-refractivity contribution is -0.118. The largest absolute Gasteiger partial charge is 0.323 e. The Hall–Kier alpha value is -0.480. The number of rotatable bonds is 2. The Bertz CT molecular complexity index is 549. The highest BCUT2D eigenvalue weighted by Gasteiger charge is 2.42. The van der Waals surface area contributed by atoms with Crippen LogP contribution >= 0.6 is 34.8 Å². The number of hydrogen-bond acceptors (Lipinski definition) is 2. The molecule has 0 aromatic heterocycles. The zero-order chi connectivity index (χ0) is 14.3. The second kappa shape index (κ2) is 5.72. The summed E-state index contributed by atoms with van der Waals surface area (Å²) in [6.07, 6.45) is 3.55. The number of amides is 1. The highest BCUT2D eigenvalue weighted by atomic mass is 35.5. The van der Waals surface area contributed by atoms with E-state index in [-0.39, 0.29) is 11.9 Å². The number of carbonyl (C=O) groups is 1. The molecule has 2 aliphatic rings. The third-order valence-corrected chi connectivity index (χ3v) is 5.33. The fourth-order valence-electron chi connectivity index (χ4n) is 3.30. The lowest BCUT2D eigenvalue weighted by Gasteiger charge is -2.18. The van der Waals surface area contributed by atoms with Gasteiger partial charge in [0.1, 0.15) is 0 Å². The first kappa shape index (κ1) is 14.5. The molecule has 1 saturated carbocycles. The topological polar surface area (TPSA) is 41.1 Å². The summed E-state index contributed by atoms with van der Waals surface area (Å²) < 4.78 is 0. The Morgan fingerprint density at radius 3 is 2.70 bits per heavy atom. The Balaban J connectivity index is 1.75. The standard InChI is InChI=1S/C14H15Cl3N2O/c15-9-4-11(17)12(5-10(9)16)19-14(20)13-8-3-1-2-7(8)6-18-13/h4-5,7-8,13,18H,1-3,6H2,(H,19,20). The molecule has 2 N–H and O–H groups in total. The van der Waals surface area contributed by atoms with Crippen LogP contribution in [0.4, 0.5) is 5.69 Å². The minimum atomic E-state index is -0.131. The van der Waals surface area contributed by atoms with Crippen LogP contribution in [0.15, 0.2) is 12.1 Å². The fraction of sp³-hybridized carbons (Fsp3) is 0.500. The van der Waals surface area contributed by atoms with Gasteiger partial charge in [-0.25, -0.2) is 0 Å². The number of fused-ring (bicyclic) bond motifs is 1. The van der Waals surface area contributed by atoms with Gasteiger partial charge in [-0.2, -0.15) is 0 Å². The molecule has 3 rings (SSSR count). The van der Waals surface area contributed by atoms with Crippen LogP contribution in [0, 0.1) is 11.8 Å². The second-order valence-corrected chi connectivity index (χ2v) is 6.70. The van der Waals surface area contributed by atoms with Crippen LogP contribution in [0.1, 0.15) is 19.3 Å². The molecular weight excluding hydrogens is 319 g/mol. The molecular formula is C14H15Cl3N2O. The Labute approximate surface area is 133 Å². The lowest BCUT2D eigenvalue weighted by atomic mass is 9.93. The summed E-state index contributed by atoms with van der Waals surface area (Å²) >= 11 is 17.9. The molecule has 1 aliphatic carbocycles. The normalized spacial score (nSPS) is 28.4. The van der Waals surface area contributed by atoms with Crippen LogP contribution in [0.5, 0.6) is 0 Å². The van der Waals surface area contributed by atoms with Crippen LogP contribution in [0.2, 0.25) is 15.1 Å². The van der Waals surface area contributed by atoms with E-state index in [1.165, 1.54) is 12.8 Å². The quantitative estimate of drug-likeness (QED) is 0.804. The van der Waals surface area contributed by atoms with Crippen molar-refractivity contribution in [2.45, 2.75) is 25.3 Å². The lowest BCUT2D eigenvalue weighted by Crippen LogP contribution is -2.39. The van der Waals surface area contributed by atoms with Crippen molar-refractivity contribution >= 4 is 46.4 Å². The van der Waals surface area contributed by atoms with E-state index in [1.54, 1.807) is 12.1 Å². The molecule has 1 aliphatic heterocycles. The van der Waals surface area contributed by atoms with Gasteiger partial charge in [-0.05, 0) is 43.4 Å². The fourth-order valence-corrected chi connectivity index (χ4v) is 3.90. The Kier molecular flexibility index (Phi) is 4.14. The molecule has 1 aromatic carbocycles. The van der Waals surface area contributed by atoms with E-state index in [1.807, 2.05) is 0 Å². The molecule has 1 amide bonds. The van der Waals surface area contributed by atoms with Crippen LogP contribution in [0.25, 0.3) is 0 Å². The number of benzene rings is 1. The zero-order valence-corrected chi connectivity index (χ0v) is 13.0. The Morgan fingerprint density at radius 1 is 1.15 bits per heavy atom. The van der Waals surface area contributed by atoms with Crippen molar-refractivity contribution in [2.24, 2.45) is 11.8 Å². The number of carbonyl (C=O) groups excluding carboxylic acids is 1. The molecule has 2 fully saturated rings. The first-order chi connectivity index (χ1) is 9.56. The molecule has 3 atom stereocenters. The second-order valence-electron chi connectivity index (χ2n) is 5.48. The van der Waals surface area contributed by atoms with E-state index in [4.69, 9.17) is 34.8 Å². The van der Waals surface area contributed by atoms with Gasteiger partial charge in [-0.3, -0.25) is 4.79 Å².